The van der Waals surface area contributed by atoms with Gasteiger partial charge in [-0.05, 0) is 18.2 Å². The fourth-order valence-electron chi connectivity index (χ4n) is 1.44. The number of halogens is 1. The summed E-state index contributed by atoms with van der Waals surface area (Å²) in [5.74, 6) is 0.106. The third-order valence-corrected chi connectivity index (χ3v) is 3.00. The third kappa shape index (κ3) is 3.36. The number of nitrogens with zero attached hydrogens (tertiary/aromatic N) is 2. The predicted octanol–water partition coefficient (Wildman–Crippen LogP) is 3.02. The number of hydrogen-bond acceptors (Lipinski definition) is 6. The number of phenolic OH excluding ortho intramolecular Hbond substituents is 1. The molecular weight excluding hydrogens is 328 g/mol. The van der Waals surface area contributed by atoms with Gasteiger partial charge < -0.3 is 14.4 Å². The predicted molar refractivity (Wildman–Crippen MR) is 73.3 cm³/mol. The number of rotatable bonds is 4. The topological polar surface area (TPSA) is 85.5 Å². The van der Waals surface area contributed by atoms with Crippen molar-refractivity contribution in [2.24, 2.45) is 0 Å². The Morgan fingerprint density at radius 2 is 2.25 bits per heavy atom. The number of carbonyl (C=O) groups excluding carboxylic acids is 1. The van der Waals surface area contributed by atoms with Crippen molar-refractivity contribution in [3.05, 3.63) is 40.0 Å². The lowest BCUT2D eigenvalue weighted by Crippen LogP contribution is -2.06. The lowest BCUT2D eigenvalue weighted by Gasteiger charge is -2.04. The van der Waals surface area contributed by atoms with E-state index in [0.717, 1.165) is 0 Å². The zero-order valence-corrected chi connectivity index (χ0v) is 12.5. The lowest BCUT2D eigenvalue weighted by atomic mass is 10.2. The highest BCUT2D eigenvalue weighted by Crippen LogP contribution is 2.23. The van der Waals surface area contributed by atoms with Gasteiger partial charge in [-0.2, -0.15) is 4.98 Å². The van der Waals surface area contributed by atoms with Crippen molar-refractivity contribution in [1.29, 1.82) is 0 Å². The Morgan fingerprint density at radius 1 is 1.50 bits per heavy atom. The van der Waals surface area contributed by atoms with Gasteiger partial charge in [-0.15, -0.1) is 0 Å². The summed E-state index contributed by atoms with van der Waals surface area (Å²) in [6, 6.07) is 4.51. The molecule has 2 aromatic rings. The summed E-state index contributed by atoms with van der Waals surface area (Å²) in [5, 5.41) is 13.4. The van der Waals surface area contributed by atoms with Gasteiger partial charge in [-0.1, -0.05) is 34.9 Å². The van der Waals surface area contributed by atoms with E-state index in [0.29, 0.717) is 10.3 Å². The van der Waals surface area contributed by atoms with Crippen molar-refractivity contribution >= 4 is 21.9 Å². The van der Waals surface area contributed by atoms with Crippen molar-refractivity contribution < 1.29 is 19.2 Å². The molecule has 1 N–H and O–H groups in total. The Morgan fingerprint density at radius 3 is 2.90 bits per heavy atom. The third-order valence-electron chi connectivity index (χ3n) is 2.51. The number of esters is 1. The van der Waals surface area contributed by atoms with Crippen molar-refractivity contribution in [1.82, 2.24) is 10.1 Å². The molecule has 7 heteroatoms. The van der Waals surface area contributed by atoms with Crippen LogP contribution in [0.2, 0.25) is 0 Å². The molecule has 2 rings (SSSR count). The molecule has 1 heterocycles. The number of benzene rings is 1. The fourth-order valence-corrected chi connectivity index (χ4v) is 1.80. The number of aromatic hydroxyl groups is 1. The van der Waals surface area contributed by atoms with Crippen LogP contribution in [0.1, 0.15) is 41.8 Å². The second-order valence-electron chi connectivity index (χ2n) is 4.44. The van der Waals surface area contributed by atoms with Crippen LogP contribution < -0.4 is 0 Å². The molecule has 0 saturated carbocycles. The van der Waals surface area contributed by atoms with Gasteiger partial charge in [0.25, 0.3) is 5.89 Å². The maximum Gasteiger partial charge on any atom is 0.342 e. The van der Waals surface area contributed by atoms with Gasteiger partial charge in [0.1, 0.15) is 11.3 Å². The highest BCUT2D eigenvalue weighted by molar-refractivity contribution is 9.10. The van der Waals surface area contributed by atoms with Gasteiger partial charge in [0.2, 0.25) is 0 Å². The smallest absolute Gasteiger partial charge is 0.342 e. The molecule has 0 saturated heterocycles. The van der Waals surface area contributed by atoms with Gasteiger partial charge in [0.05, 0.1) is 0 Å². The van der Waals surface area contributed by atoms with Gasteiger partial charge in [0.15, 0.2) is 12.4 Å². The normalized spacial score (nSPS) is 10.8. The number of ether oxygens (including phenoxy) is 1. The fraction of sp³-hybridized carbons (Fsp3) is 0.308. The molecule has 20 heavy (non-hydrogen) atoms. The monoisotopic (exact) mass is 340 g/mol. The van der Waals surface area contributed by atoms with E-state index in [4.69, 9.17) is 9.26 Å². The second-order valence-corrected chi connectivity index (χ2v) is 5.35. The summed E-state index contributed by atoms with van der Waals surface area (Å²) in [6.45, 7) is 3.73. The Kier molecular flexibility index (Phi) is 4.39. The van der Waals surface area contributed by atoms with Crippen LogP contribution in [0.3, 0.4) is 0 Å². The Hall–Kier alpha value is -1.89. The molecule has 6 nitrogen and oxygen atoms in total. The Labute approximate surface area is 123 Å². The average molecular weight is 341 g/mol. The van der Waals surface area contributed by atoms with Crippen LogP contribution in [-0.2, 0) is 11.3 Å². The summed E-state index contributed by atoms with van der Waals surface area (Å²) in [4.78, 5) is 15.9. The first-order valence-electron chi connectivity index (χ1n) is 5.95. The van der Waals surface area contributed by atoms with Crippen LogP contribution >= 0.6 is 15.9 Å². The molecule has 1 aromatic heterocycles. The average Bonchev–Trinajstić information content (AvgIpc) is 2.88. The zero-order chi connectivity index (χ0) is 14.7. The molecule has 106 valence electrons. The minimum atomic E-state index is -0.659. The first kappa shape index (κ1) is 14.5. The van der Waals surface area contributed by atoms with E-state index in [1.807, 2.05) is 13.8 Å². The zero-order valence-electron chi connectivity index (χ0n) is 11.0. The maximum atomic E-state index is 11.8. The van der Waals surface area contributed by atoms with Gasteiger partial charge in [-0.3, -0.25) is 0 Å². The first-order chi connectivity index (χ1) is 9.47. The largest absolute Gasteiger partial charge is 0.507 e. The molecule has 0 atom stereocenters. The van der Waals surface area contributed by atoms with Crippen molar-refractivity contribution in [2.45, 2.75) is 26.4 Å². The summed E-state index contributed by atoms with van der Waals surface area (Å²) in [5.41, 5.74) is 0.0722. The SMILES string of the molecule is CC(C)c1noc(COC(=O)c2cc(Br)ccc2O)n1. The number of hydrogen-bond donors (Lipinski definition) is 1. The molecule has 0 aliphatic heterocycles. The van der Waals surface area contributed by atoms with Crippen molar-refractivity contribution in [3.63, 3.8) is 0 Å². The number of carbonyl (C=O) groups is 1. The minimum absolute atomic E-state index is 0.0722. The summed E-state index contributed by atoms with van der Waals surface area (Å²) in [7, 11) is 0. The molecule has 1 aromatic carbocycles. The van der Waals surface area contributed by atoms with E-state index in [1.54, 1.807) is 6.07 Å². The van der Waals surface area contributed by atoms with Gasteiger partial charge in [0, 0.05) is 10.4 Å². The van der Waals surface area contributed by atoms with E-state index in [9.17, 15) is 9.90 Å². The molecule has 0 unspecified atom stereocenters. The second kappa shape index (κ2) is 6.04. The Bertz CT molecular complexity index is 625. The highest BCUT2D eigenvalue weighted by atomic mass is 79.9. The summed E-state index contributed by atoms with van der Waals surface area (Å²) in [6.07, 6.45) is 0. The van der Waals surface area contributed by atoms with Crippen molar-refractivity contribution in [3.8, 4) is 5.75 Å². The van der Waals surface area contributed by atoms with E-state index in [2.05, 4.69) is 26.1 Å². The first-order valence-corrected chi connectivity index (χ1v) is 6.74. The maximum absolute atomic E-state index is 11.8. The quantitative estimate of drug-likeness (QED) is 0.861. The molecule has 0 spiro atoms. The molecule has 0 aliphatic carbocycles. The molecule has 0 amide bonds. The lowest BCUT2D eigenvalue weighted by molar-refractivity contribution is 0.0426. The van der Waals surface area contributed by atoms with Gasteiger partial charge >= 0.3 is 5.97 Å². The van der Waals surface area contributed by atoms with Crippen LogP contribution in [0.25, 0.3) is 0 Å². The molecule has 0 fully saturated rings. The van der Waals surface area contributed by atoms with Crippen molar-refractivity contribution in [2.75, 3.05) is 0 Å². The van der Waals surface area contributed by atoms with Crippen LogP contribution in [0.5, 0.6) is 5.75 Å². The standard InChI is InChI=1S/C13H13BrN2O4/c1-7(2)12-15-11(20-16-12)6-19-13(18)9-5-8(14)3-4-10(9)17/h3-5,7,17H,6H2,1-2H3. The van der Waals surface area contributed by atoms with Gasteiger partial charge in [-0.25, -0.2) is 4.79 Å². The van der Waals surface area contributed by atoms with Crippen LogP contribution in [0.15, 0.2) is 27.2 Å². The van der Waals surface area contributed by atoms with Crippen LogP contribution in [-0.4, -0.2) is 21.2 Å². The molecule has 0 radical (unpaired) electrons. The van der Waals surface area contributed by atoms with Crippen LogP contribution in [0, 0.1) is 0 Å². The minimum Gasteiger partial charge on any atom is -0.507 e. The number of aromatic nitrogens is 2. The van der Waals surface area contributed by atoms with E-state index >= 15 is 0 Å². The Balaban J connectivity index is 2.02. The molecule has 0 aliphatic rings. The molecular formula is C13H13BrN2O4. The highest BCUT2D eigenvalue weighted by Gasteiger charge is 2.16. The van der Waals surface area contributed by atoms with E-state index < -0.39 is 5.97 Å². The van der Waals surface area contributed by atoms with Crippen LogP contribution in [0.4, 0.5) is 0 Å². The molecule has 0 bridgehead atoms. The summed E-state index contributed by atoms with van der Waals surface area (Å²) >= 11 is 3.22. The number of phenols is 1. The summed E-state index contributed by atoms with van der Waals surface area (Å²) < 4.78 is 10.7. The van der Waals surface area contributed by atoms with E-state index in [1.165, 1.54) is 12.1 Å². The van der Waals surface area contributed by atoms with E-state index in [-0.39, 0.29) is 29.7 Å².